The highest BCUT2D eigenvalue weighted by molar-refractivity contribution is 6.05. The largest absolute Gasteiger partial charge is 0.460 e. The molecule has 0 unspecified atom stereocenters. The number of ether oxygens (including phenoxy) is 1. The van der Waals surface area contributed by atoms with Crippen molar-refractivity contribution in [2.75, 3.05) is 0 Å². The second-order valence-electron chi connectivity index (χ2n) is 6.59. The maximum atomic E-state index is 12.8. The van der Waals surface area contributed by atoms with E-state index >= 15 is 0 Å². The Balaban J connectivity index is 1.75. The number of aromatic nitrogens is 1. The van der Waals surface area contributed by atoms with Crippen LogP contribution in [0.1, 0.15) is 41.8 Å². The standard InChI is InChI=1S/C21H19NO4/c1-13-10-11-19(25-13)17-12-15(14-6-2-3-7-16(14)22-17)21(24)26-20-9-5-4-8-18(20)23/h2-3,6-7,10-12,20H,4-5,8-9H2,1H3/t20-/m0/s1. The predicted octanol–water partition coefficient (Wildman–Crippen LogP) is 4.47. The van der Waals surface area contributed by atoms with Gasteiger partial charge in [0.25, 0.3) is 0 Å². The number of nitrogens with zero attached hydrogens (tertiary/aromatic N) is 1. The number of fused-ring (bicyclic) bond motifs is 1. The molecule has 0 aliphatic heterocycles. The van der Waals surface area contributed by atoms with Crippen LogP contribution in [0.25, 0.3) is 22.4 Å². The zero-order valence-electron chi connectivity index (χ0n) is 14.5. The van der Waals surface area contributed by atoms with Gasteiger partial charge in [0.15, 0.2) is 17.6 Å². The van der Waals surface area contributed by atoms with Crippen molar-refractivity contribution in [2.45, 2.75) is 38.7 Å². The van der Waals surface area contributed by atoms with Gasteiger partial charge in [-0.1, -0.05) is 18.2 Å². The Morgan fingerprint density at radius 2 is 2.04 bits per heavy atom. The summed E-state index contributed by atoms with van der Waals surface area (Å²) in [6, 6.07) is 12.7. The van der Waals surface area contributed by atoms with E-state index in [-0.39, 0.29) is 5.78 Å². The molecule has 1 aromatic carbocycles. The lowest BCUT2D eigenvalue weighted by molar-refractivity contribution is -0.129. The molecule has 4 rings (SSSR count). The van der Waals surface area contributed by atoms with E-state index in [9.17, 15) is 9.59 Å². The molecule has 1 atom stereocenters. The molecule has 5 nitrogen and oxygen atoms in total. The smallest absolute Gasteiger partial charge is 0.339 e. The molecule has 3 aromatic rings. The number of carbonyl (C=O) groups is 2. The predicted molar refractivity (Wildman–Crippen MR) is 96.9 cm³/mol. The Bertz CT molecular complexity index is 989. The summed E-state index contributed by atoms with van der Waals surface area (Å²) in [5, 5.41) is 0.702. The van der Waals surface area contributed by atoms with E-state index in [0.717, 1.165) is 18.6 Å². The van der Waals surface area contributed by atoms with Crippen molar-refractivity contribution in [3.63, 3.8) is 0 Å². The fourth-order valence-corrected chi connectivity index (χ4v) is 3.31. The number of ketones is 1. The van der Waals surface area contributed by atoms with Gasteiger partial charge in [0.2, 0.25) is 0 Å². The molecule has 1 fully saturated rings. The molecule has 2 heterocycles. The van der Waals surface area contributed by atoms with Gasteiger partial charge in [0.05, 0.1) is 11.1 Å². The molecule has 0 amide bonds. The minimum absolute atomic E-state index is 0.00449. The fraction of sp³-hybridized carbons (Fsp3) is 0.286. The van der Waals surface area contributed by atoms with Gasteiger partial charge in [0.1, 0.15) is 11.5 Å². The SMILES string of the molecule is Cc1ccc(-c2cc(C(=O)O[C@H]3CCCCC3=O)c3ccccc3n2)o1. The molecule has 0 N–H and O–H groups in total. The van der Waals surface area contributed by atoms with Crippen LogP contribution in [0.4, 0.5) is 0 Å². The fourth-order valence-electron chi connectivity index (χ4n) is 3.31. The van der Waals surface area contributed by atoms with E-state index in [1.54, 1.807) is 6.07 Å². The van der Waals surface area contributed by atoms with E-state index in [1.165, 1.54) is 0 Å². The minimum atomic E-state index is -0.641. The van der Waals surface area contributed by atoms with Crippen molar-refractivity contribution in [3.8, 4) is 11.5 Å². The molecular formula is C21H19NO4. The van der Waals surface area contributed by atoms with Crippen LogP contribution in [0.15, 0.2) is 46.9 Å². The Hall–Kier alpha value is -2.95. The number of Topliss-reactive ketones (excluding diaryl/α,β-unsaturated/α-hetero) is 1. The van der Waals surface area contributed by atoms with E-state index in [4.69, 9.17) is 9.15 Å². The third-order valence-corrected chi connectivity index (χ3v) is 4.68. The van der Waals surface area contributed by atoms with Crippen LogP contribution in [0.3, 0.4) is 0 Å². The van der Waals surface area contributed by atoms with Crippen molar-refractivity contribution in [1.82, 2.24) is 4.98 Å². The van der Waals surface area contributed by atoms with Crippen LogP contribution in [-0.2, 0) is 9.53 Å². The Morgan fingerprint density at radius 3 is 2.81 bits per heavy atom. The van der Waals surface area contributed by atoms with Crippen molar-refractivity contribution < 1.29 is 18.7 Å². The highest BCUT2D eigenvalue weighted by atomic mass is 16.5. The number of furan rings is 1. The van der Waals surface area contributed by atoms with Crippen molar-refractivity contribution >= 4 is 22.7 Å². The van der Waals surface area contributed by atoms with Crippen LogP contribution in [-0.4, -0.2) is 22.8 Å². The molecule has 1 saturated carbocycles. The number of aryl methyl sites for hydroxylation is 1. The van der Waals surface area contributed by atoms with Gasteiger partial charge in [-0.2, -0.15) is 0 Å². The van der Waals surface area contributed by atoms with E-state index < -0.39 is 12.1 Å². The van der Waals surface area contributed by atoms with Gasteiger partial charge < -0.3 is 9.15 Å². The topological polar surface area (TPSA) is 69.4 Å². The van der Waals surface area contributed by atoms with Crippen LogP contribution < -0.4 is 0 Å². The summed E-state index contributed by atoms with van der Waals surface area (Å²) in [6.45, 7) is 1.86. The first-order valence-corrected chi connectivity index (χ1v) is 8.82. The lowest BCUT2D eigenvalue weighted by Crippen LogP contribution is -2.30. The third-order valence-electron chi connectivity index (χ3n) is 4.68. The Morgan fingerprint density at radius 1 is 1.19 bits per heavy atom. The molecule has 1 aliphatic carbocycles. The number of benzene rings is 1. The van der Waals surface area contributed by atoms with Gasteiger partial charge in [-0.15, -0.1) is 0 Å². The summed E-state index contributed by atoms with van der Waals surface area (Å²) in [6.07, 6.45) is 2.20. The van der Waals surface area contributed by atoms with Gasteiger partial charge in [-0.05, 0) is 50.5 Å². The monoisotopic (exact) mass is 349 g/mol. The minimum Gasteiger partial charge on any atom is -0.460 e. The van der Waals surface area contributed by atoms with Crippen LogP contribution >= 0.6 is 0 Å². The molecule has 0 spiro atoms. The average molecular weight is 349 g/mol. The van der Waals surface area contributed by atoms with Crippen LogP contribution in [0.5, 0.6) is 0 Å². The van der Waals surface area contributed by atoms with Gasteiger partial charge in [-0.25, -0.2) is 9.78 Å². The Labute approximate surface area is 151 Å². The lowest BCUT2D eigenvalue weighted by Gasteiger charge is -2.21. The van der Waals surface area contributed by atoms with Gasteiger partial charge >= 0.3 is 5.97 Å². The molecule has 132 valence electrons. The van der Waals surface area contributed by atoms with Crippen molar-refractivity contribution in [1.29, 1.82) is 0 Å². The quantitative estimate of drug-likeness (QED) is 0.653. The number of esters is 1. The number of hydrogen-bond acceptors (Lipinski definition) is 5. The molecule has 0 bridgehead atoms. The van der Waals surface area contributed by atoms with E-state index in [2.05, 4.69) is 4.98 Å². The van der Waals surface area contributed by atoms with Crippen LogP contribution in [0, 0.1) is 6.92 Å². The zero-order chi connectivity index (χ0) is 18.1. The second-order valence-corrected chi connectivity index (χ2v) is 6.59. The van der Waals surface area contributed by atoms with Gasteiger partial charge in [-0.3, -0.25) is 4.79 Å². The second kappa shape index (κ2) is 6.75. The first kappa shape index (κ1) is 16.5. The number of rotatable bonds is 3. The first-order chi connectivity index (χ1) is 12.6. The maximum Gasteiger partial charge on any atom is 0.339 e. The number of hydrogen-bond donors (Lipinski definition) is 0. The molecule has 0 saturated heterocycles. The average Bonchev–Trinajstić information content (AvgIpc) is 3.09. The molecule has 26 heavy (non-hydrogen) atoms. The lowest BCUT2D eigenvalue weighted by atomic mass is 9.96. The summed E-state index contributed by atoms with van der Waals surface area (Å²) in [7, 11) is 0. The summed E-state index contributed by atoms with van der Waals surface area (Å²) >= 11 is 0. The summed E-state index contributed by atoms with van der Waals surface area (Å²) < 4.78 is 11.2. The first-order valence-electron chi connectivity index (χ1n) is 8.82. The van der Waals surface area contributed by atoms with Crippen molar-refractivity contribution in [3.05, 3.63) is 53.8 Å². The van der Waals surface area contributed by atoms with Crippen LogP contribution in [0.2, 0.25) is 0 Å². The normalized spacial score (nSPS) is 17.4. The third kappa shape index (κ3) is 3.12. The molecule has 0 radical (unpaired) electrons. The molecule has 5 heteroatoms. The maximum absolute atomic E-state index is 12.8. The number of pyridine rings is 1. The Kier molecular flexibility index (Phi) is 4.29. The molecular weight excluding hydrogens is 330 g/mol. The zero-order valence-corrected chi connectivity index (χ0v) is 14.5. The highest BCUT2D eigenvalue weighted by Crippen LogP contribution is 2.28. The van der Waals surface area contributed by atoms with E-state index in [1.807, 2.05) is 43.3 Å². The summed E-state index contributed by atoms with van der Waals surface area (Å²) in [4.78, 5) is 29.4. The number of para-hydroxylation sites is 1. The summed E-state index contributed by atoms with van der Waals surface area (Å²) in [5.74, 6) is 0.876. The molecule has 1 aliphatic rings. The highest BCUT2D eigenvalue weighted by Gasteiger charge is 2.27. The van der Waals surface area contributed by atoms with Gasteiger partial charge in [0, 0.05) is 11.8 Å². The molecule has 2 aromatic heterocycles. The van der Waals surface area contributed by atoms with Crippen molar-refractivity contribution in [2.24, 2.45) is 0 Å². The summed E-state index contributed by atoms with van der Waals surface area (Å²) in [5.41, 5.74) is 1.65. The van der Waals surface area contributed by atoms with E-state index in [0.29, 0.717) is 40.8 Å². The number of carbonyl (C=O) groups excluding carboxylic acids is 2.